The molecule has 0 aliphatic rings. The number of nitro groups is 1. The van der Waals surface area contributed by atoms with Gasteiger partial charge in [0.1, 0.15) is 17.7 Å². The Morgan fingerprint density at radius 2 is 2.33 bits per heavy atom. The molecule has 0 unspecified atom stereocenters. The number of carbonyl (C=O) groups is 1. The van der Waals surface area contributed by atoms with E-state index in [1.54, 1.807) is 6.92 Å². The van der Waals surface area contributed by atoms with Crippen LogP contribution in [0.4, 0.5) is 5.69 Å². The second kappa shape index (κ2) is 4.45. The minimum absolute atomic E-state index is 0.00634. The van der Waals surface area contributed by atoms with Crippen molar-refractivity contribution in [2.75, 3.05) is 0 Å². The molecule has 0 aliphatic heterocycles. The minimum Gasteiger partial charge on any atom is -0.303 e. The maximum atomic E-state index is 11.1. The molecule has 1 N–H and O–H groups in total. The summed E-state index contributed by atoms with van der Waals surface area (Å²) in [7, 11) is 0. The number of H-pyrrole nitrogens is 1. The van der Waals surface area contributed by atoms with Gasteiger partial charge in [-0.2, -0.15) is 4.98 Å². The van der Waals surface area contributed by atoms with Crippen LogP contribution in [0.25, 0.3) is 0 Å². The van der Waals surface area contributed by atoms with Crippen LogP contribution < -0.4 is 5.69 Å². The van der Waals surface area contributed by atoms with E-state index in [2.05, 4.69) is 9.97 Å². The van der Waals surface area contributed by atoms with E-state index in [0.717, 1.165) is 6.20 Å². The lowest BCUT2D eigenvalue weighted by atomic mass is 10.1. The van der Waals surface area contributed by atoms with Crippen LogP contribution in [0.5, 0.6) is 0 Å². The van der Waals surface area contributed by atoms with Gasteiger partial charge in [-0.25, -0.2) is 4.79 Å². The molecule has 15 heavy (non-hydrogen) atoms. The summed E-state index contributed by atoms with van der Waals surface area (Å²) in [4.78, 5) is 37.2. The molecule has 0 saturated heterocycles. The molecule has 0 aliphatic carbocycles. The minimum atomic E-state index is -0.695. The van der Waals surface area contributed by atoms with Crippen molar-refractivity contribution in [2.24, 2.45) is 0 Å². The number of hydrogen-bond donors (Lipinski definition) is 1. The number of nitrogens with zero attached hydrogens (tertiary/aromatic N) is 2. The van der Waals surface area contributed by atoms with Crippen molar-refractivity contribution in [3.8, 4) is 0 Å². The zero-order valence-corrected chi connectivity index (χ0v) is 8.02. The first kappa shape index (κ1) is 11.0. The predicted molar refractivity (Wildman–Crippen MR) is 50.5 cm³/mol. The lowest BCUT2D eigenvalue weighted by Gasteiger charge is -1.99. The Hall–Kier alpha value is -2.05. The molecular weight excluding hydrogens is 202 g/mol. The van der Waals surface area contributed by atoms with Gasteiger partial charge in [0.25, 0.3) is 0 Å². The Kier molecular flexibility index (Phi) is 3.27. The maximum absolute atomic E-state index is 11.1. The summed E-state index contributed by atoms with van der Waals surface area (Å²) < 4.78 is 0. The number of carbonyl (C=O) groups excluding carboxylic acids is 1. The summed E-state index contributed by atoms with van der Waals surface area (Å²) in [5, 5.41) is 10.5. The van der Waals surface area contributed by atoms with Crippen molar-refractivity contribution in [3.63, 3.8) is 0 Å². The third kappa shape index (κ3) is 2.70. The molecule has 0 saturated carbocycles. The van der Waals surface area contributed by atoms with Crippen molar-refractivity contribution in [1.29, 1.82) is 0 Å². The monoisotopic (exact) mass is 211 g/mol. The average Bonchev–Trinajstić information content (AvgIpc) is 2.17. The topological polar surface area (TPSA) is 106 Å². The summed E-state index contributed by atoms with van der Waals surface area (Å²) in [5.41, 5.74) is -1.03. The van der Waals surface area contributed by atoms with E-state index in [1.807, 2.05) is 0 Å². The first-order valence-corrected chi connectivity index (χ1v) is 4.29. The highest BCUT2D eigenvalue weighted by atomic mass is 16.6. The third-order valence-corrected chi connectivity index (χ3v) is 1.84. The van der Waals surface area contributed by atoms with Crippen molar-refractivity contribution >= 4 is 11.5 Å². The Labute approximate surface area is 84.3 Å². The highest BCUT2D eigenvalue weighted by Gasteiger charge is 2.17. The zero-order chi connectivity index (χ0) is 11.4. The number of aromatic nitrogens is 2. The van der Waals surface area contributed by atoms with Gasteiger partial charge in [0.2, 0.25) is 0 Å². The Balaban J connectivity index is 3.13. The Morgan fingerprint density at radius 1 is 1.67 bits per heavy atom. The summed E-state index contributed by atoms with van der Waals surface area (Å²) in [5.74, 6) is -0.181. The largest absolute Gasteiger partial charge is 0.345 e. The van der Waals surface area contributed by atoms with E-state index >= 15 is 0 Å². The Bertz CT molecular complexity index is 451. The predicted octanol–water partition coefficient (Wildman–Crippen LogP) is 0.200. The van der Waals surface area contributed by atoms with E-state index in [0.29, 0.717) is 0 Å². The molecule has 0 atom stereocenters. The molecular formula is C8H9N3O4. The fourth-order valence-corrected chi connectivity index (χ4v) is 1.04. The molecule has 1 heterocycles. The average molecular weight is 211 g/mol. The quantitative estimate of drug-likeness (QED) is 0.565. The molecule has 0 aromatic carbocycles. The van der Waals surface area contributed by atoms with Gasteiger partial charge in [-0.15, -0.1) is 0 Å². The number of rotatable bonds is 4. The maximum Gasteiger partial charge on any atom is 0.345 e. The second-order valence-electron chi connectivity index (χ2n) is 2.88. The number of Topliss-reactive ketones (excluding diaryl/α,β-unsaturated/α-hetero) is 1. The van der Waals surface area contributed by atoms with Gasteiger partial charge < -0.3 is 4.98 Å². The van der Waals surface area contributed by atoms with Crippen LogP contribution in [-0.4, -0.2) is 20.7 Å². The Morgan fingerprint density at radius 3 is 2.87 bits per heavy atom. The summed E-state index contributed by atoms with van der Waals surface area (Å²) in [6.45, 7) is 1.65. The van der Waals surface area contributed by atoms with Gasteiger partial charge in [-0.3, -0.25) is 14.9 Å². The fraction of sp³-hybridized carbons (Fsp3) is 0.375. The third-order valence-electron chi connectivity index (χ3n) is 1.84. The molecule has 0 radical (unpaired) electrons. The summed E-state index contributed by atoms with van der Waals surface area (Å²) >= 11 is 0. The van der Waals surface area contributed by atoms with E-state index in [-0.39, 0.29) is 30.0 Å². The van der Waals surface area contributed by atoms with Gasteiger partial charge >= 0.3 is 11.4 Å². The van der Waals surface area contributed by atoms with E-state index in [9.17, 15) is 19.7 Å². The van der Waals surface area contributed by atoms with Crippen LogP contribution in [-0.2, 0) is 11.2 Å². The summed E-state index contributed by atoms with van der Waals surface area (Å²) in [6, 6.07) is 0. The molecule has 0 amide bonds. The summed E-state index contributed by atoms with van der Waals surface area (Å²) in [6.07, 6.45) is 0.975. The number of nitrogens with one attached hydrogen (secondary N) is 1. The van der Waals surface area contributed by atoms with Crippen LogP contribution in [0.2, 0.25) is 0 Å². The number of ketones is 1. The van der Waals surface area contributed by atoms with Crippen molar-refractivity contribution in [1.82, 2.24) is 9.97 Å². The first-order valence-electron chi connectivity index (χ1n) is 4.29. The molecule has 1 aromatic heterocycles. The van der Waals surface area contributed by atoms with E-state index in [4.69, 9.17) is 0 Å². The smallest absolute Gasteiger partial charge is 0.303 e. The molecule has 0 fully saturated rings. The highest BCUT2D eigenvalue weighted by molar-refractivity contribution is 5.80. The first-order chi connectivity index (χ1) is 7.04. The van der Waals surface area contributed by atoms with E-state index in [1.165, 1.54) is 0 Å². The van der Waals surface area contributed by atoms with E-state index < -0.39 is 10.6 Å². The van der Waals surface area contributed by atoms with Crippen molar-refractivity contribution in [2.45, 2.75) is 19.8 Å². The van der Waals surface area contributed by atoms with Gasteiger partial charge in [0.05, 0.1) is 11.3 Å². The lowest BCUT2D eigenvalue weighted by molar-refractivity contribution is -0.386. The highest BCUT2D eigenvalue weighted by Crippen LogP contribution is 2.13. The van der Waals surface area contributed by atoms with Crippen molar-refractivity contribution < 1.29 is 9.72 Å². The zero-order valence-electron chi connectivity index (χ0n) is 8.02. The lowest BCUT2D eigenvalue weighted by Crippen LogP contribution is -2.16. The van der Waals surface area contributed by atoms with Gasteiger partial charge in [0.15, 0.2) is 0 Å². The van der Waals surface area contributed by atoms with Crippen LogP contribution >= 0.6 is 0 Å². The van der Waals surface area contributed by atoms with Gasteiger partial charge in [-0.05, 0) is 0 Å². The molecule has 7 nitrogen and oxygen atoms in total. The molecule has 80 valence electrons. The fourth-order valence-electron chi connectivity index (χ4n) is 1.04. The van der Waals surface area contributed by atoms with Crippen molar-refractivity contribution in [3.05, 3.63) is 32.5 Å². The number of hydrogen-bond acceptors (Lipinski definition) is 5. The van der Waals surface area contributed by atoms with Crippen LogP contribution in [0.1, 0.15) is 19.0 Å². The second-order valence-corrected chi connectivity index (χ2v) is 2.88. The molecule has 7 heteroatoms. The number of aromatic amines is 1. The standard InChI is InChI=1S/C8H9N3O4/c1-2-5(12)3-6-7(11(14)15)4-9-8(13)10-6/h4H,2-3H2,1H3,(H,9,10,13). The SMILES string of the molecule is CCC(=O)Cc1[nH]c(=O)ncc1[N+](=O)[O-]. The molecule has 1 rings (SSSR count). The normalized spacial score (nSPS) is 9.93. The van der Waals surface area contributed by atoms with Crippen LogP contribution in [0.15, 0.2) is 11.0 Å². The van der Waals surface area contributed by atoms with Gasteiger partial charge in [-0.1, -0.05) is 6.92 Å². The van der Waals surface area contributed by atoms with Crippen LogP contribution in [0.3, 0.4) is 0 Å². The van der Waals surface area contributed by atoms with Gasteiger partial charge in [0, 0.05) is 6.42 Å². The molecule has 1 aromatic rings. The van der Waals surface area contributed by atoms with Crippen LogP contribution in [0, 0.1) is 10.1 Å². The molecule has 0 bridgehead atoms. The molecule has 0 spiro atoms.